The van der Waals surface area contributed by atoms with Crippen molar-refractivity contribution in [2.75, 3.05) is 30.9 Å². The molecule has 1 heterocycles. The number of carbonyl (C=O) groups is 1. The molecular formula is C19H20ClFN3O3S-. The van der Waals surface area contributed by atoms with Crippen molar-refractivity contribution in [2.24, 2.45) is 0 Å². The van der Waals surface area contributed by atoms with Crippen LogP contribution >= 0.6 is 11.6 Å². The molecule has 1 atom stereocenters. The molecule has 1 N–H and O–H groups in total. The topological polar surface area (TPSA) is 75.7 Å². The molecule has 2 aromatic rings. The summed E-state index contributed by atoms with van der Waals surface area (Å²) < 4.78 is 37.6. The molecule has 2 aromatic carbocycles. The van der Waals surface area contributed by atoms with E-state index in [-0.39, 0.29) is 11.7 Å². The van der Waals surface area contributed by atoms with Gasteiger partial charge in [-0.3, -0.25) is 13.9 Å². The number of hydrogen-bond acceptors (Lipinski definition) is 4. The Kier molecular flexibility index (Phi) is 7.01. The van der Waals surface area contributed by atoms with Gasteiger partial charge in [0, 0.05) is 65.8 Å². The van der Waals surface area contributed by atoms with Crippen molar-refractivity contribution in [3.63, 3.8) is 0 Å². The quantitative estimate of drug-likeness (QED) is 0.748. The summed E-state index contributed by atoms with van der Waals surface area (Å²) in [6.07, 6.45) is 0.787. The number of amides is 1. The maximum Gasteiger partial charge on any atom is 0.253 e. The first kappa shape index (κ1) is 20.7. The maximum atomic E-state index is 14.0. The van der Waals surface area contributed by atoms with E-state index in [0.717, 1.165) is 13.0 Å². The van der Waals surface area contributed by atoms with Crippen LogP contribution < -0.4 is 4.72 Å². The Morgan fingerprint density at radius 2 is 1.89 bits per heavy atom. The zero-order valence-corrected chi connectivity index (χ0v) is 16.6. The van der Waals surface area contributed by atoms with Crippen LogP contribution in [-0.4, -0.2) is 50.6 Å². The molecule has 150 valence electrons. The largest absolute Gasteiger partial charge is 0.755 e. The average Bonchev–Trinajstić information content (AvgIpc) is 2.89. The lowest BCUT2D eigenvalue weighted by atomic mass is 10.2. The van der Waals surface area contributed by atoms with Gasteiger partial charge in [-0.25, -0.2) is 4.39 Å². The highest BCUT2D eigenvalue weighted by Gasteiger charge is 2.21. The second kappa shape index (κ2) is 9.47. The lowest BCUT2D eigenvalue weighted by Gasteiger charge is -2.22. The van der Waals surface area contributed by atoms with E-state index in [9.17, 15) is 17.9 Å². The minimum atomic E-state index is -2.40. The van der Waals surface area contributed by atoms with Crippen molar-refractivity contribution >= 4 is 34.5 Å². The average molecular weight is 425 g/mol. The Labute approximate surface area is 170 Å². The standard InChI is InChI=1S/C19H21ClFN3O3S/c20-16-5-2-15(18(21)12-16)13-23-8-1-9-24(11-10-23)19(25)14-3-6-17(7-4-14)22-28(26)27/h2-7,12,22H,1,8-11,13H2,(H,26,27)/p-1. The van der Waals surface area contributed by atoms with Crippen LogP contribution in [0.25, 0.3) is 0 Å². The first-order valence-corrected chi connectivity index (χ1v) is 10.3. The Balaban J connectivity index is 1.59. The fourth-order valence-electron chi connectivity index (χ4n) is 3.18. The van der Waals surface area contributed by atoms with E-state index in [1.165, 1.54) is 6.07 Å². The molecule has 28 heavy (non-hydrogen) atoms. The van der Waals surface area contributed by atoms with Crippen LogP contribution in [0.4, 0.5) is 10.1 Å². The first-order valence-electron chi connectivity index (χ1n) is 8.84. The number of benzene rings is 2. The molecule has 1 unspecified atom stereocenters. The van der Waals surface area contributed by atoms with Gasteiger partial charge in [0.1, 0.15) is 5.82 Å². The number of rotatable bonds is 5. The van der Waals surface area contributed by atoms with Crippen molar-refractivity contribution in [3.8, 4) is 0 Å². The van der Waals surface area contributed by atoms with E-state index in [1.54, 1.807) is 41.3 Å². The third-order valence-corrected chi connectivity index (χ3v) is 5.26. The van der Waals surface area contributed by atoms with Gasteiger partial charge in [0.15, 0.2) is 0 Å². The molecule has 3 rings (SSSR count). The SMILES string of the molecule is O=C(c1ccc(NS(=O)[O-])cc1)N1CCCN(Cc2ccc(Cl)cc2F)CC1. The van der Waals surface area contributed by atoms with Crippen LogP contribution in [0, 0.1) is 5.82 Å². The molecular weight excluding hydrogens is 405 g/mol. The van der Waals surface area contributed by atoms with Crippen LogP contribution in [0.5, 0.6) is 0 Å². The van der Waals surface area contributed by atoms with Gasteiger partial charge in [-0.2, -0.15) is 0 Å². The molecule has 1 amide bonds. The second-order valence-corrected chi connectivity index (χ2v) is 7.68. The van der Waals surface area contributed by atoms with Crippen LogP contribution in [0.3, 0.4) is 0 Å². The van der Waals surface area contributed by atoms with E-state index in [4.69, 9.17) is 11.6 Å². The van der Waals surface area contributed by atoms with Crippen LogP contribution in [-0.2, 0) is 17.8 Å². The Morgan fingerprint density at radius 1 is 1.14 bits per heavy atom. The molecule has 0 bridgehead atoms. The molecule has 9 heteroatoms. The van der Waals surface area contributed by atoms with Gasteiger partial charge in [-0.15, -0.1) is 0 Å². The highest BCUT2D eigenvalue weighted by molar-refractivity contribution is 7.80. The van der Waals surface area contributed by atoms with Gasteiger partial charge < -0.3 is 14.2 Å². The number of carbonyl (C=O) groups excluding carboxylic acids is 1. The number of nitrogens with zero attached hydrogens (tertiary/aromatic N) is 2. The summed E-state index contributed by atoms with van der Waals surface area (Å²) in [4.78, 5) is 16.6. The van der Waals surface area contributed by atoms with Gasteiger partial charge in [-0.05, 0) is 42.8 Å². The van der Waals surface area contributed by atoms with Gasteiger partial charge in [0.2, 0.25) is 0 Å². The highest BCUT2D eigenvalue weighted by Crippen LogP contribution is 2.18. The molecule has 0 saturated carbocycles. The fraction of sp³-hybridized carbons (Fsp3) is 0.316. The van der Waals surface area contributed by atoms with Crippen molar-refractivity contribution < 1.29 is 17.9 Å². The minimum Gasteiger partial charge on any atom is -0.755 e. The predicted molar refractivity (Wildman–Crippen MR) is 106 cm³/mol. The van der Waals surface area contributed by atoms with Crippen molar-refractivity contribution in [3.05, 3.63) is 64.4 Å². The minimum absolute atomic E-state index is 0.102. The van der Waals surface area contributed by atoms with E-state index >= 15 is 0 Å². The molecule has 1 aliphatic rings. The monoisotopic (exact) mass is 424 g/mol. The molecule has 1 aliphatic heterocycles. The lowest BCUT2D eigenvalue weighted by molar-refractivity contribution is 0.0761. The van der Waals surface area contributed by atoms with Gasteiger partial charge in [0.05, 0.1) is 0 Å². The molecule has 1 fully saturated rings. The smallest absolute Gasteiger partial charge is 0.253 e. The van der Waals surface area contributed by atoms with Crippen molar-refractivity contribution in [2.45, 2.75) is 13.0 Å². The molecule has 0 aliphatic carbocycles. The molecule has 1 saturated heterocycles. The third-order valence-electron chi connectivity index (χ3n) is 4.62. The summed E-state index contributed by atoms with van der Waals surface area (Å²) in [5.74, 6) is -0.424. The first-order chi connectivity index (χ1) is 13.4. The van der Waals surface area contributed by atoms with Crippen LogP contribution in [0.1, 0.15) is 22.3 Å². The summed E-state index contributed by atoms with van der Waals surface area (Å²) in [5, 5.41) is 0.372. The molecule has 0 spiro atoms. The van der Waals surface area contributed by atoms with Crippen molar-refractivity contribution in [1.29, 1.82) is 0 Å². The molecule has 6 nitrogen and oxygen atoms in total. The second-order valence-electron chi connectivity index (χ2n) is 6.57. The predicted octanol–water partition coefficient (Wildman–Crippen LogP) is 3.03. The number of halogens is 2. The van der Waals surface area contributed by atoms with E-state index in [2.05, 4.69) is 9.62 Å². The third kappa shape index (κ3) is 5.51. The number of hydrogen-bond donors (Lipinski definition) is 1. The van der Waals surface area contributed by atoms with E-state index in [1.807, 2.05) is 0 Å². The lowest BCUT2D eigenvalue weighted by Crippen LogP contribution is -2.35. The summed E-state index contributed by atoms with van der Waals surface area (Å²) in [7, 11) is 0. The maximum absolute atomic E-state index is 14.0. The van der Waals surface area contributed by atoms with Gasteiger partial charge in [0.25, 0.3) is 5.91 Å². The Bertz CT molecular complexity index is 866. The van der Waals surface area contributed by atoms with E-state index in [0.29, 0.717) is 48.0 Å². The molecule has 0 radical (unpaired) electrons. The fourth-order valence-corrected chi connectivity index (χ4v) is 3.67. The van der Waals surface area contributed by atoms with Gasteiger partial charge >= 0.3 is 0 Å². The zero-order valence-electron chi connectivity index (χ0n) is 15.1. The summed E-state index contributed by atoms with van der Waals surface area (Å²) in [6, 6.07) is 11.0. The van der Waals surface area contributed by atoms with Gasteiger partial charge in [-0.1, -0.05) is 17.7 Å². The Morgan fingerprint density at radius 3 is 2.57 bits per heavy atom. The summed E-state index contributed by atoms with van der Waals surface area (Å²) >= 11 is 3.40. The Hall–Kier alpha value is -2.00. The normalized spacial score (nSPS) is 16.5. The number of nitrogens with one attached hydrogen (secondary N) is 1. The highest BCUT2D eigenvalue weighted by atomic mass is 35.5. The van der Waals surface area contributed by atoms with Crippen LogP contribution in [0.2, 0.25) is 5.02 Å². The summed E-state index contributed by atoms with van der Waals surface area (Å²) in [5.41, 5.74) is 1.49. The van der Waals surface area contributed by atoms with Crippen LogP contribution in [0.15, 0.2) is 42.5 Å². The van der Waals surface area contributed by atoms with E-state index < -0.39 is 11.3 Å². The van der Waals surface area contributed by atoms with Crippen molar-refractivity contribution in [1.82, 2.24) is 9.80 Å². The molecule has 0 aromatic heterocycles. The summed E-state index contributed by atoms with van der Waals surface area (Å²) in [6.45, 7) is 3.03. The number of anilines is 1. The zero-order chi connectivity index (χ0) is 20.1.